The SMILES string of the molecule is O=C1OC2C3COC(=O)c4cc(O)c(O)c(O)c4-c4c(cc(O)c(O)c4O)C(=O)OC2C(OC(=O)c2cc(O)c(O)c4c2C2C1=CC(=O)[C@](O)(O4)C2(O)O)C(OC(=O)c1cc(O)c(O)c(O)c1)O3. The molecule has 5 aliphatic rings. The van der Waals surface area contributed by atoms with E-state index < -0.39 is 204 Å². The zero-order valence-corrected chi connectivity index (χ0v) is 33.2. The molecule has 0 amide bonds. The molecule has 27 heteroatoms. The Labute approximate surface area is 373 Å². The van der Waals surface area contributed by atoms with Crippen LogP contribution in [0.2, 0.25) is 0 Å². The fraction of sp³-hybridized carbons (Fsp3) is 0.220. The number of cyclic esters (lactones) is 1. The summed E-state index contributed by atoms with van der Waals surface area (Å²) >= 11 is 0. The number of aliphatic hydroxyl groups is 3. The van der Waals surface area contributed by atoms with Gasteiger partial charge in [0.2, 0.25) is 35.4 Å². The number of fused-ring (bicyclic) bond motifs is 4. The third-order valence-corrected chi connectivity index (χ3v) is 11.5. The second-order valence-electron chi connectivity index (χ2n) is 15.5. The number of carbonyl (C=O) groups is 6. The predicted octanol–water partition coefficient (Wildman–Crippen LogP) is -1.10. The number of ketones is 1. The van der Waals surface area contributed by atoms with Gasteiger partial charge in [-0.1, -0.05) is 0 Å². The van der Waals surface area contributed by atoms with Crippen molar-refractivity contribution in [1.29, 1.82) is 0 Å². The van der Waals surface area contributed by atoms with Crippen molar-refractivity contribution >= 4 is 35.6 Å². The van der Waals surface area contributed by atoms with Crippen LogP contribution in [0.5, 0.6) is 69.0 Å². The van der Waals surface area contributed by atoms with Gasteiger partial charge in [-0.2, -0.15) is 0 Å². The van der Waals surface area contributed by atoms with Crippen LogP contribution in [-0.4, -0.2) is 156 Å². The molecule has 1 saturated heterocycles. The molecule has 1 fully saturated rings. The molecule has 1 aliphatic carbocycles. The molecule has 4 aromatic carbocycles. The lowest BCUT2D eigenvalue weighted by molar-refractivity contribution is -0.339. The van der Waals surface area contributed by atoms with Gasteiger partial charge in [0.05, 0.1) is 33.7 Å². The third kappa shape index (κ3) is 6.21. The van der Waals surface area contributed by atoms with Crippen molar-refractivity contribution in [2.24, 2.45) is 0 Å². The van der Waals surface area contributed by atoms with Gasteiger partial charge < -0.3 is 105 Å². The summed E-state index contributed by atoms with van der Waals surface area (Å²) in [6.07, 6.45) is -12.1. The predicted molar refractivity (Wildman–Crippen MR) is 204 cm³/mol. The van der Waals surface area contributed by atoms with E-state index in [0.717, 1.165) is 0 Å². The number of aromatic hydroxyl groups is 11. The van der Waals surface area contributed by atoms with Gasteiger partial charge in [0.25, 0.3) is 5.79 Å². The summed E-state index contributed by atoms with van der Waals surface area (Å²) in [5.74, 6) is -36.5. The number of ether oxygens (including phenoxy) is 7. The highest BCUT2D eigenvalue weighted by atomic mass is 16.8. The minimum atomic E-state index is -3.98. The van der Waals surface area contributed by atoms with Gasteiger partial charge in [0.15, 0.2) is 64.0 Å². The lowest BCUT2D eigenvalue weighted by Gasteiger charge is -2.49. The minimum absolute atomic E-state index is 0.264. The second-order valence-corrected chi connectivity index (χ2v) is 15.5. The average molecular weight is 953 g/mol. The highest BCUT2D eigenvalue weighted by Gasteiger charge is 2.70. The Morgan fingerprint density at radius 3 is 1.68 bits per heavy atom. The monoisotopic (exact) mass is 952 g/mol. The maximum atomic E-state index is 14.6. The summed E-state index contributed by atoms with van der Waals surface area (Å²) in [6, 6.07) is 2.32. The van der Waals surface area contributed by atoms with E-state index in [2.05, 4.69) is 0 Å². The summed E-state index contributed by atoms with van der Waals surface area (Å²) in [6.45, 7) is -1.31. The van der Waals surface area contributed by atoms with E-state index in [9.17, 15) is 100 Å². The number of carbonyl (C=O) groups excluding carboxylic acids is 6. The lowest BCUT2D eigenvalue weighted by Crippen LogP contribution is -2.70. The van der Waals surface area contributed by atoms with Crippen LogP contribution in [-0.2, 0) is 38.0 Å². The standard InChI is InChI=1S/C41H28O27/c42-13-1-8(2-14(43)24(13)48)34(54)67-39-33-32-30(64-38(58)12-6-19(47)41(61)40(59,60)23(12)22-11(37(57)66-33)5-17(46)27(51)31(22)68-41)18(63-39)7-62-35(55)9-3-15(44)25(49)28(52)20(9)21-10(36(56)65-32)4-16(45)26(50)29(21)53/h1-6,18,23,30,32-33,39,42-46,48-53,59-61H,7H2/t18?,23?,30?,32?,33?,39?,41-/m0/s1. The Kier molecular flexibility index (Phi) is 9.64. The van der Waals surface area contributed by atoms with Crippen molar-refractivity contribution in [2.75, 3.05) is 6.61 Å². The zero-order valence-electron chi connectivity index (χ0n) is 33.2. The molecule has 0 aromatic heterocycles. The molecule has 0 spiro atoms. The summed E-state index contributed by atoms with van der Waals surface area (Å²) in [5.41, 5.74) is -8.48. The second kappa shape index (κ2) is 14.8. The third-order valence-electron chi connectivity index (χ3n) is 11.5. The van der Waals surface area contributed by atoms with Crippen LogP contribution in [0.4, 0.5) is 0 Å². The summed E-state index contributed by atoms with van der Waals surface area (Å²) in [7, 11) is 0. The van der Waals surface area contributed by atoms with E-state index in [1.807, 2.05) is 0 Å². The smallest absolute Gasteiger partial charge is 0.340 e. The van der Waals surface area contributed by atoms with Crippen molar-refractivity contribution in [1.82, 2.24) is 0 Å². The van der Waals surface area contributed by atoms with Crippen LogP contribution < -0.4 is 4.74 Å². The maximum absolute atomic E-state index is 14.6. The van der Waals surface area contributed by atoms with E-state index in [4.69, 9.17) is 33.2 Å². The number of benzene rings is 4. The number of hydrogen-bond acceptors (Lipinski definition) is 27. The van der Waals surface area contributed by atoms with Crippen molar-refractivity contribution < 1.29 is 133 Å². The lowest BCUT2D eigenvalue weighted by atomic mass is 9.70. The molecule has 6 unspecified atom stereocenters. The molecule has 27 nitrogen and oxygen atoms in total. The van der Waals surface area contributed by atoms with Crippen molar-refractivity contribution in [3.8, 4) is 80.1 Å². The van der Waals surface area contributed by atoms with E-state index in [0.29, 0.717) is 30.3 Å². The van der Waals surface area contributed by atoms with Crippen LogP contribution >= 0.6 is 0 Å². The topological polar surface area (TPSA) is 450 Å². The first-order valence-electron chi connectivity index (χ1n) is 19.1. The van der Waals surface area contributed by atoms with Crippen LogP contribution in [0.25, 0.3) is 11.1 Å². The number of phenolic OH excluding ortho intramolecular Hbond substituents is 11. The number of esters is 5. The quantitative estimate of drug-likeness (QED) is 0.0491. The Morgan fingerprint density at radius 1 is 0.574 bits per heavy atom. The van der Waals surface area contributed by atoms with Gasteiger partial charge in [-0.3, -0.25) is 4.79 Å². The fourth-order valence-electron chi connectivity index (χ4n) is 8.25. The first kappa shape index (κ1) is 44.3. The summed E-state index contributed by atoms with van der Waals surface area (Å²) in [5, 5.41) is 150. The first-order valence-corrected chi connectivity index (χ1v) is 19.1. The van der Waals surface area contributed by atoms with Gasteiger partial charge in [-0.05, 0) is 36.4 Å². The molecule has 9 rings (SSSR count). The molecule has 7 atom stereocenters. The van der Waals surface area contributed by atoms with Gasteiger partial charge in [-0.25, -0.2) is 24.0 Å². The largest absolute Gasteiger partial charge is 0.504 e. The summed E-state index contributed by atoms with van der Waals surface area (Å²) in [4.78, 5) is 84.8. The van der Waals surface area contributed by atoms with E-state index >= 15 is 0 Å². The molecular formula is C41H28O27. The Morgan fingerprint density at radius 2 is 1.07 bits per heavy atom. The van der Waals surface area contributed by atoms with E-state index in [-0.39, 0.29) is 6.08 Å². The first-order chi connectivity index (χ1) is 31.9. The number of hydrogen-bond donors (Lipinski definition) is 14. The summed E-state index contributed by atoms with van der Waals surface area (Å²) < 4.78 is 38.9. The van der Waals surface area contributed by atoms with Gasteiger partial charge in [0, 0.05) is 16.7 Å². The maximum Gasteiger partial charge on any atom is 0.340 e. The van der Waals surface area contributed by atoms with Crippen LogP contribution in [0.15, 0.2) is 42.0 Å². The van der Waals surface area contributed by atoms with Crippen molar-refractivity contribution in [2.45, 2.75) is 48.2 Å². The molecule has 354 valence electrons. The molecule has 0 saturated carbocycles. The minimum Gasteiger partial charge on any atom is -0.504 e. The Hall–Kier alpha value is -8.92. The Balaban J connectivity index is 1.30. The van der Waals surface area contributed by atoms with Crippen LogP contribution in [0.3, 0.4) is 0 Å². The van der Waals surface area contributed by atoms with Gasteiger partial charge in [-0.15, -0.1) is 0 Å². The van der Waals surface area contributed by atoms with Crippen molar-refractivity contribution in [3.63, 3.8) is 0 Å². The molecule has 4 heterocycles. The van der Waals surface area contributed by atoms with E-state index in [1.54, 1.807) is 0 Å². The fourth-order valence-corrected chi connectivity index (χ4v) is 8.25. The number of phenols is 11. The molecule has 68 heavy (non-hydrogen) atoms. The highest BCUT2D eigenvalue weighted by molar-refractivity contribution is 6.10. The molecule has 4 aliphatic heterocycles. The zero-order chi connectivity index (χ0) is 49.4. The molecular weight excluding hydrogens is 924 g/mol. The number of rotatable bonds is 2. The molecule has 4 aromatic rings. The van der Waals surface area contributed by atoms with Gasteiger partial charge >= 0.3 is 35.6 Å². The average Bonchev–Trinajstić information content (AvgIpc) is 3.28. The highest BCUT2D eigenvalue weighted by Crippen LogP contribution is 2.59. The molecule has 14 N–H and O–H groups in total. The molecule has 6 bridgehead atoms. The van der Waals surface area contributed by atoms with E-state index in [1.165, 1.54) is 0 Å². The van der Waals surface area contributed by atoms with Crippen molar-refractivity contribution in [3.05, 3.63) is 69.8 Å². The normalized spacial score (nSPS) is 25.7. The van der Waals surface area contributed by atoms with Crippen LogP contribution in [0.1, 0.15) is 52.9 Å². The van der Waals surface area contributed by atoms with Crippen LogP contribution in [0, 0.1) is 0 Å². The molecule has 0 radical (unpaired) electrons. The Bertz CT molecular complexity index is 3020. The van der Waals surface area contributed by atoms with Gasteiger partial charge in [0.1, 0.15) is 12.7 Å².